The Balaban J connectivity index is 1.96. The highest BCUT2D eigenvalue weighted by Crippen LogP contribution is 2.56. The van der Waals surface area contributed by atoms with E-state index >= 15 is 0 Å². The van der Waals surface area contributed by atoms with Gasteiger partial charge in [0, 0.05) is 13.0 Å². The van der Waals surface area contributed by atoms with Crippen molar-refractivity contribution in [3.8, 4) is 0 Å². The number of hydrogen-bond donors (Lipinski definition) is 1. The molecule has 0 radical (unpaired) electrons. The van der Waals surface area contributed by atoms with Crippen molar-refractivity contribution in [3.63, 3.8) is 0 Å². The fraction of sp³-hybridized carbons (Fsp3) is 0.556. The molecule has 0 saturated carbocycles. The molecule has 2 heterocycles. The van der Waals surface area contributed by atoms with Crippen LogP contribution in [0.2, 0.25) is 0 Å². The number of β-amino-alcohol motifs (C(OH)–C–C–N with tert-alkyl or cyclic N) is 1. The monoisotopic (exact) mass is 333 g/mol. The van der Waals surface area contributed by atoms with Gasteiger partial charge in [0.15, 0.2) is 0 Å². The number of benzene rings is 1. The molecule has 2 atom stereocenters. The van der Waals surface area contributed by atoms with Crippen molar-refractivity contribution in [3.05, 3.63) is 35.9 Å². The highest BCUT2D eigenvalue weighted by Gasteiger charge is 2.76. The molecule has 0 aliphatic carbocycles. The summed E-state index contributed by atoms with van der Waals surface area (Å²) >= 11 is 0. The molecule has 3 rings (SSSR count). The van der Waals surface area contributed by atoms with Gasteiger partial charge in [-0.1, -0.05) is 30.3 Å². The van der Waals surface area contributed by atoms with Gasteiger partial charge in [0.05, 0.1) is 18.8 Å². The van der Waals surface area contributed by atoms with E-state index in [2.05, 4.69) is 0 Å². The zero-order valence-corrected chi connectivity index (χ0v) is 14.2. The Morgan fingerprint density at radius 2 is 2.00 bits per heavy atom. The first-order chi connectivity index (χ1) is 11.2. The average molecular weight is 333 g/mol. The number of hydrogen-bond acceptors (Lipinski definition) is 5. The Hall–Kier alpha value is -1.92. The van der Waals surface area contributed by atoms with Crippen LogP contribution in [0.25, 0.3) is 0 Å². The van der Waals surface area contributed by atoms with Crippen LogP contribution in [0.3, 0.4) is 0 Å². The molecular formula is C18H23NO5. The Morgan fingerprint density at radius 1 is 1.33 bits per heavy atom. The van der Waals surface area contributed by atoms with Crippen LogP contribution >= 0.6 is 0 Å². The van der Waals surface area contributed by atoms with Gasteiger partial charge in [-0.05, 0) is 26.3 Å². The number of rotatable bonds is 4. The summed E-state index contributed by atoms with van der Waals surface area (Å²) in [4.78, 5) is 27.2. The molecule has 6 heteroatoms. The number of ether oxygens (including phenoxy) is 2. The summed E-state index contributed by atoms with van der Waals surface area (Å²) in [6, 6.07) is 9.45. The van der Waals surface area contributed by atoms with Gasteiger partial charge in [0.1, 0.15) is 0 Å². The number of fused-ring (bicyclic) bond motifs is 1. The molecular weight excluding hydrogens is 310 g/mol. The van der Waals surface area contributed by atoms with Crippen LogP contribution < -0.4 is 0 Å². The van der Waals surface area contributed by atoms with Crippen LogP contribution in [0.1, 0.15) is 32.8 Å². The zero-order valence-electron chi connectivity index (χ0n) is 14.2. The van der Waals surface area contributed by atoms with Crippen molar-refractivity contribution in [1.82, 2.24) is 4.90 Å². The Labute approximate surface area is 141 Å². The van der Waals surface area contributed by atoms with Crippen molar-refractivity contribution >= 4 is 11.9 Å². The molecule has 1 aromatic rings. The van der Waals surface area contributed by atoms with Gasteiger partial charge in [0.25, 0.3) is 0 Å². The van der Waals surface area contributed by atoms with Crippen LogP contribution in [0, 0.1) is 5.41 Å². The lowest BCUT2D eigenvalue weighted by Gasteiger charge is -2.28. The molecule has 0 unspecified atom stereocenters. The van der Waals surface area contributed by atoms with Crippen molar-refractivity contribution in [2.45, 2.75) is 45.1 Å². The maximum Gasteiger partial charge on any atom is 0.327 e. The number of aliphatic hydroxyl groups is 1. The van der Waals surface area contributed by atoms with E-state index in [1.54, 1.807) is 20.8 Å². The Kier molecular flexibility index (Phi) is 3.92. The van der Waals surface area contributed by atoms with Gasteiger partial charge in [-0.3, -0.25) is 9.59 Å². The predicted molar refractivity (Wildman–Crippen MR) is 85.7 cm³/mol. The number of likely N-dealkylation sites (tertiary alicyclic amines) is 1. The summed E-state index contributed by atoms with van der Waals surface area (Å²) < 4.78 is 10.9. The van der Waals surface area contributed by atoms with Crippen molar-refractivity contribution in [1.29, 1.82) is 0 Å². The lowest BCUT2D eigenvalue weighted by atomic mass is 9.76. The molecule has 2 aliphatic heterocycles. The highest BCUT2D eigenvalue weighted by molar-refractivity contribution is 6.06. The number of esters is 1. The normalized spacial score (nSPS) is 31.2. The van der Waals surface area contributed by atoms with E-state index in [-0.39, 0.29) is 19.6 Å². The van der Waals surface area contributed by atoms with Gasteiger partial charge in [-0.2, -0.15) is 0 Å². The van der Waals surface area contributed by atoms with Gasteiger partial charge in [-0.15, -0.1) is 0 Å². The van der Waals surface area contributed by atoms with E-state index in [1.165, 1.54) is 4.90 Å². The minimum absolute atomic E-state index is 0.0526. The molecule has 2 saturated heterocycles. The topological polar surface area (TPSA) is 76.1 Å². The SMILES string of the molecule is CCOC(=O)[C@@]12CC(C)(C)O[C@]1(O)CN(Cc1ccccc1)C2=O. The molecule has 1 amide bonds. The number of carbonyl (C=O) groups is 2. The van der Waals surface area contributed by atoms with Crippen molar-refractivity contribution < 1.29 is 24.2 Å². The molecule has 2 aliphatic rings. The van der Waals surface area contributed by atoms with E-state index in [4.69, 9.17) is 9.47 Å². The van der Waals surface area contributed by atoms with Crippen LogP contribution in [0.15, 0.2) is 30.3 Å². The highest BCUT2D eigenvalue weighted by atomic mass is 16.7. The Morgan fingerprint density at radius 3 is 2.62 bits per heavy atom. The molecule has 1 aromatic carbocycles. The molecule has 0 spiro atoms. The summed E-state index contributed by atoms with van der Waals surface area (Å²) in [5, 5.41) is 11.0. The molecule has 130 valence electrons. The van der Waals surface area contributed by atoms with Crippen LogP contribution in [-0.4, -0.2) is 46.4 Å². The number of nitrogens with zero attached hydrogens (tertiary/aromatic N) is 1. The third kappa shape index (κ3) is 2.41. The van der Waals surface area contributed by atoms with E-state index in [0.29, 0.717) is 6.54 Å². The van der Waals surface area contributed by atoms with Crippen LogP contribution in [0.5, 0.6) is 0 Å². The van der Waals surface area contributed by atoms with Gasteiger partial charge in [-0.25, -0.2) is 0 Å². The van der Waals surface area contributed by atoms with Crippen LogP contribution in [0.4, 0.5) is 0 Å². The standard InChI is InChI=1S/C18H23NO5/c1-4-23-15(21)17-11-16(2,3)24-18(17,22)12-19(14(17)20)10-13-8-6-5-7-9-13/h5-9,22H,4,10-12H2,1-3H3/t17-,18+/m0/s1. The third-order valence-corrected chi connectivity index (χ3v) is 4.70. The first kappa shape index (κ1) is 16.9. The van der Waals surface area contributed by atoms with Crippen molar-refractivity contribution in [2.24, 2.45) is 5.41 Å². The molecule has 0 aromatic heterocycles. The molecule has 2 fully saturated rings. The fourth-order valence-corrected chi connectivity index (χ4v) is 3.87. The van der Waals surface area contributed by atoms with Gasteiger partial charge in [0.2, 0.25) is 17.1 Å². The van der Waals surface area contributed by atoms with E-state index in [0.717, 1.165) is 5.56 Å². The summed E-state index contributed by atoms with van der Waals surface area (Å²) in [7, 11) is 0. The second kappa shape index (κ2) is 5.57. The maximum atomic E-state index is 13.1. The molecule has 6 nitrogen and oxygen atoms in total. The first-order valence-electron chi connectivity index (χ1n) is 8.17. The predicted octanol–water partition coefficient (Wildman–Crippen LogP) is 1.47. The lowest BCUT2D eigenvalue weighted by molar-refractivity contribution is -0.238. The maximum absolute atomic E-state index is 13.1. The van der Waals surface area contributed by atoms with Gasteiger partial charge >= 0.3 is 5.97 Å². The Bertz CT molecular complexity index is 659. The van der Waals surface area contributed by atoms with Crippen LogP contribution in [-0.2, 0) is 25.6 Å². The minimum atomic E-state index is -1.87. The number of carbonyl (C=O) groups excluding carboxylic acids is 2. The van der Waals surface area contributed by atoms with Crippen molar-refractivity contribution in [2.75, 3.05) is 13.2 Å². The molecule has 24 heavy (non-hydrogen) atoms. The summed E-state index contributed by atoms with van der Waals surface area (Å²) in [6.07, 6.45) is 0.0967. The third-order valence-electron chi connectivity index (χ3n) is 4.70. The quantitative estimate of drug-likeness (QED) is 0.667. The second-order valence-electron chi connectivity index (χ2n) is 7.10. The molecule has 0 bridgehead atoms. The largest absolute Gasteiger partial charge is 0.465 e. The smallest absolute Gasteiger partial charge is 0.327 e. The summed E-state index contributed by atoms with van der Waals surface area (Å²) in [5.41, 5.74) is -1.55. The minimum Gasteiger partial charge on any atom is -0.465 e. The summed E-state index contributed by atoms with van der Waals surface area (Å²) in [5.74, 6) is -3.01. The van der Waals surface area contributed by atoms with E-state index < -0.39 is 28.7 Å². The average Bonchev–Trinajstić information content (AvgIpc) is 2.84. The fourth-order valence-electron chi connectivity index (χ4n) is 3.87. The lowest BCUT2D eigenvalue weighted by Crippen LogP contribution is -2.52. The summed E-state index contributed by atoms with van der Waals surface area (Å²) in [6.45, 7) is 5.60. The van der Waals surface area contributed by atoms with E-state index in [1.807, 2.05) is 30.3 Å². The second-order valence-corrected chi connectivity index (χ2v) is 7.10. The molecule has 1 N–H and O–H groups in total. The first-order valence-corrected chi connectivity index (χ1v) is 8.17. The zero-order chi connectivity index (χ0) is 17.6. The number of amides is 1. The van der Waals surface area contributed by atoms with E-state index in [9.17, 15) is 14.7 Å². The van der Waals surface area contributed by atoms with Gasteiger partial charge < -0.3 is 19.5 Å².